The summed E-state index contributed by atoms with van der Waals surface area (Å²) in [4.78, 5) is 2.67. The minimum absolute atomic E-state index is 0.759. The highest BCUT2D eigenvalue weighted by Crippen LogP contribution is 2.52. The van der Waals surface area contributed by atoms with Crippen molar-refractivity contribution in [2.75, 3.05) is 33.2 Å². The summed E-state index contributed by atoms with van der Waals surface area (Å²) >= 11 is 0. The fourth-order valence-electron chi connectivity index (χ4n) is 3.73. The summed E-state index contributed by atoms with van der Waals surface area (Å²) in [6.07, 6.45) is 5.90. The summed E-state index contributed by atoms with van der Waals surface area (Å²) in [6.45, 7) is 9.90. The van der Waals surface area contributed by atoms with Gasteiger partial charge < -0.3 is 10.2 Å². The van der Waals surface area contributed by atoms with E-state index in [1.165, 1.54) is 51.9 Å². The van der Waals surface area contributed by atoms with Crippen LogP contribution in [0.4, 0.5) is 0 Å². The second-order valence-corrected chi connectivity index (χ2v) is 6.53. The van der Waals surface area contributed by atoms with Crippen LogP contribution in [0.3, 0.4) is 0 Å². The standard InChI is InChI=1S/C14H28N2/c1-12(2)11-16-6-4-14(5-7-16)8-13(9-14)10-15-3/h12-13,15H,4-11H2,1-3H3. The third-order valence-electron chi connectivity index (χ3n) is 4.48. The smallest absolute Gasteiger partial charge is 0.000439 e. The van der Waals surface area contributed by atoms with Gasteiger partial charge in [0.1, 0.15) is 0 Å². The highest BCUT2D eigenvalue weighted by atomic mass is 15.1. The normalized spacial score (nSPS) is 26.2. The molecule has 1 spiro atoms. The zero-order chi connectivity index (χ0) is 11.6. The Labute approximate surface area is 101 Å². The first-order valence-corrected chi connectivity index (χ1v) is 7.00. The van der Waals surface area contributed by atoms with E-state index < -0.39 is 0 Å². The predicted molar refractivity (Wildman–Crippen MR) is 69.6 cm³/mol. The molecule has 1 N–H and O–H groups in total. The van der Waals surface area contributed by atoms with Gasteiger partial charge in [-0.25, -0.2) is 0 Å². The van der Waals surface area contributed by atoms with Crippen LogP contribution in [0.1, 0.15) is 39.5 Å². The van der Waals surface area contributed by atoms with E-state index in [2.05, 4.69) is 31.1 Å². The van der Waals surface area contributed by atoms with Gasteiger partial charge in [0.2, 0.25) is 0 Å². The van der Waals surface area contributed by atoms with Gasteiger partial charge in [-0.3, -0.25) is 0 Å². The van der Waals surface area contributed by atoms with Crippen LogP contribution in [0, 0.1) is 17.3 Å². The molecule has 0 radical (unpaired) electrons. The molecule has 1 heterocycles. The predicted octanol–water partition coefficient (Wildman–Crippen LogP) is 2.35. The van der Waals surface area contributed by atoms with Crippen molar-refractivity contribution in [3.05, 3.63) is 0 Å². The molecule has 1 saturated heterocycles. The molecule has 1 aliphatic heterocycles. The number of hydrogen-bond acceptors (Lipinski definition) is 2. The molecule has 2 heteroatoms. The summed E-state index contributed by atoms with van der Waals surface area (Å²) in [6, 6.07) is 0. The Balaban J connectivity index is 1.70. The Morgan fingerprint density at radius 2 is 1.88 bits per heavy atom. The van der Waals surface area contributed by atoms with Crippen molar-refractivity contribution >= 4 is 0 Å². The molecule has 1 aliphatic carbocycles. The molecule has 2 nitrogen and oxygen atoms in total. The van der Waals surface area contributed by atoms with Crippen LogP contribution in [0.25, 0.3) is 0 Å². The zero-order valence-corrected chi connectivity index (χ0v) is 11.3. The molecular formula is C14H28N2. The first-order chi connectivity index (χ1) is 7.63. The Bertz CT molecular complexity index is 209. The van der Waals surface area contributed by atoms with E-state index >= 15 is 0 Å². The first kappa shape index (κ1) is 12.4. The van der Waals surface area contributed by atoms with Crippen LogP contribution >= 0.6 is 0 Å². The molecule has 0 aromatic heterocycles. The van der Waals surface area contributed by atoms with Crippen LogP contribution in [-0.2, 0) is 0 Å². The van der Waals surface area contributed by atoms with Gasteiger partial charge in [0.05, 0.1) is 0 Å². The van der Waals surface area contributed by atoms with E-state index in [9.17, 15) is 0 Å². The highest BCUT2D eigenvalue weighted by Gasteiger charge is 2.44. The molecule has 0 amide bonds. The van der Waals surface area contributed by atoms with Gasteiger partial charge >= 0.3 is 0 Å². The molecule has 0 atom stereocenters. The summed E-state index contributed by atoms with van der Waals surface area (Å²) < 4.78 is 0. The molecule has 2 rings (SSSR count). The average molecular weight is 224 g/mol. The third-order valence-corrected chi connectivity index (χ3v) is 4.48. The van der Waals surface area contributed by atoms with Crippen LogP contribution in [-0.4, -0.2) is 38.1 Å². The largest absolute Gasteiger partial charge is 0.319 e. The van der Waals surface area contributed by atoms with Crippen LogP contribution in [0.15, 0.2) is 0 Å². The van der Waals surface area contributed by atoms with Crippen molar-refractivity contribution in [3.8, 4) is 0 Å². The van der Waals surface area contributed by atoms with Crippen LogP contribution in [0.5, 0.6) is 0 Å². The van der Waals surface area contributed by atoms with E-state index in [0.29, 0.717) is 0 Å². The van der Waals surface area contributed by atoms with Gasteiger partial charge in [-0.2, -0.15) is 0 Å². The second-order valence-electron chi connectivity index (χ2n) is 6.53. The van der Waals surface area contributed by atoms with Crippen molar-refractivity contribution in [1.29, 1.82) is 0 Å². The number of nitrogens with one attached hydrogen (secondary N) is 1. The first-order valence-electron chi connectivity index (χ1n) is 7.00. The minimum Gasteiger partial charge on any atom is -0.319 e. The molecule has 1 saturated carbocycles. The lowest BCUT2D eigenvalue weighted by Crippen LogP contribution is -2.49. The van der Waals surface area contributed by atoms with E-state index in [1.54, 1.807) is 0 Å². The van der Waals surface area contributed by atoms with E-state index in [0.717, 1.165) is 17.3 Å². The van der Waals surface area contributed by atoms with Crippen molar-refractivity contribution in [1.82, 2.24) is 10.2 Å². The lowest BCUT2D eigenvalue weighted by atomic mass is 9.57. The maximum absolute atomic E-state index is 3.32. The van der Waals surface area contributed by atoms with E-state index in [1.807, 2.05) is 0 Å². The maximum atomic E-state index is 3.32. The fourth-order valence-corrected chi connectivity index (χ4v) is 3.73. The molecule has 0 bridgehead atoms. The summed E-state index contributed by atoms with van der Waals surface area (Å²) in [5.41, 5.74) is 0.759. The number of hydrogen-bond donors (Lipinski definition) is 1. The fraction of sp³-hybridized carbons (Fsp3) is 1.00. The van der Waals surface area contributed by atoms with Gasteiger partial charge in [0, 0.05) is 6.54 Å². The SMILES string of the molecule is CNCC1CC2(CCN(CC(C)C)CC2)C1. The molecule has 94 valence electrons. The van der Waals surface area contributed by atoms with Crippen LogP contribution < -0.4 is 5.32 Å². The molecule has 2 fully saturated rings. The summed E-state index contributed by atoms with van der Waals surface area (Å²) in [7, 11) is 2.08. The maximum Gasteiger partial charge on any atom is 0.000439 e. The van der Waals surface area contributed by atoms with Crippen LogP contribution in [0.2, 0.25) is 0 Å². The lowest BCUT2D eigenvalue weighted by Gasteiger charge is -2.52. The molecular weight excluding hydrogens is 196 g/mol. The monoisotopic (exact) mass is 224 g/mol. The van der Waals surface area contributed by atoms with Gasteiger partial charge in [0.25, 0.3) is 0 Å². The third kappa shape index (κ3) is 2.78. The minimum atomic E-state index is 0.759. The number of likely N-dealkylation sites (tertiary alicyclic amines) is 1. The summed E-state index contributed by atoms with van der Waals surface area (Å²) in [5.74, 6) is 1.80. The summed E-state index contributed by atoms with van der Waals surface area (Å²) in [5, 5.41) is 3.32. The van der Waals surface area contributed by atoms with Crippen molar-refractivity contribution in [2.24, 2.45) is 17.3 Å². The molecule has 16 heavy (non-hydrogen) atoms. The van der Waals surface area contributed by atoms with Gasteiger partial charge in [-0.1, -0.05) is 13.8 Å². The molecule has 0 aromatic carbocycles. The zero-order valence-electron chi connectivity index (χ0n) is 11.3. The Kier molecular flexibility index (Phi) is 3.91. The van der Waals surface area contributed by atoms with Crippen molar-refractivity contribution in [3.63, 3.8) is 0 Å². The van der Waals surface area contributed by atoms with E-state index in [-0.39, 0.29) is 0 Å². The quantitative estimate of drug-likeness (QED) is 0.788. The van der Waals surface area contributed by atoms with Gasteiger partial charge in [0.15, 0.2) is 0 Å². The molecule has 2 aliphatic rings. The Morgan fingerprint density at radius 3 is 2.38 bits per heavy atom. The topological polar surface area (TPSA) is 15.3 Å². The van der Waals surface area contributed by atoms with Gasteiger partial charge in [-0.15, -0.1) is 0 Å². The van der Waals surface area contributed by atoms with Crippen molar-refractivity contribution in [2.45, 2.75) is 39.5 Å². The number of nitrogens with zero attached hydrogens (tertiary/aromatic N) is 1. The average Bonchev–Trinajstić information content (AvgIpc) is 2.18. The molecule has 0 aromatic rings. The Hall–Kier alpha value is -0.0800. The highest BCUT2D eigenvalue weighted by molar-refractivity contribution is 4.97. The van der Waals surface area contributed by atoms with Crippen molar-refractivity contribution < 1.29 is 0 Å². The number of rotatable bonds is 4. The second kappa shape index (κ2) is 5.05. The Morgan fingerprint density at radius 1 is 1.25 bits per heavy atom. The lowest BCUT2D eigenvalue weighted by molar-refractivity contribution is -0.0141. The van der Waals surface area contributed by atoms with Gasteiger partial charge in [-0.05, 0) is 69.6 Å². The number of piperidine rings is 1. The molecule has 0 unspecified atom stereocenters. The van der Waals surface area contributed by atoms with E-state index in [4.69, 9.17) is 0 Å².